The van der Waals surface area contributed by atoms with Crippen molar-refractivity contribution in [2.45, 2.75) is 6.18 Å². The van der Waals surface area contributed by atoms with Crippen LogP contribution in [-0.4, -0.2) is 48.3 Å². The van der Waals surface area contributed by atoms with E-state index < -0.39 is 42.5 Å². The minimum atomic E-state index is -4.82. The first-order valence-corrected chi connectivity index (χ1v) is 5.56. The third-order valence-electron chi connectivity index (χ3n) is 2.39. The summed E-state index contributed by atoms with van der Waals surface area (Å²) < 4.78 is 55.6. The van der Waals surface area contributed by atoms with Gasteiger partial charge >= 0.3 is 12.1 Å². The molecule has 116 valence electrons. The average molecular weight is 309 g/mol. The topological polar surface area (TPSA) is 66.8 Å². The molecule has 0 saturated heterocycles. The van der Waals surface area contributed by atoms with Crippen molar-refractivity contribution >= 4 is 11.9 Å². The van der Waals surface area contributed by atoms with Crippen LogP contribution in [0.3, 0.4) is 0 Å². The highest BCUT2D eigenvalue weighted by atomic mass is 19.4. The smallest absolute Gasteiger partial charge is 0.406 e. The Kier molecular flexibility index (Phi) is 5.12. The highest BCUT2D eigenvalue weighted by Gasteiger charge is 2.35. The van der Waals surface area contributed by atoms with Gasteiger partial charge in [0.25, 0.3) is 5.91 Å². The molecule has 0 radical (unpaired) electrons. The van der Waals surface area contributed by atoms with Crippen molar-refractivity contribution < 1.29 is 37.0 Å². The van der Waals surface area contributed by atoms with Crippen LogP contribution in [0.4, 0.5) is 17.6 Å². The number of rotatable bonds is 5. The molecule has 1 aromatic carbocycles. The Labute approximate surface area is 116 Å². The fourth-order valence-corrected chi connectivity index (χ4v) is 1.62. The predicted octanol–water partition coefficient (Wildman–Crippen LogP) is 1.92. The molecule has 0 aliphatic carbocycles. The van der Waals surface area contributed by atoms with Gasteiger partial charge in [0.05, 0.1) is 7.11 Å². The SMILES string of the molecule is COc1cccc(F)c1C(=O)N(CC(=O)O)CC(F)(F)F. The van der Waals surface area contributed by atoms with Crippen LogP contribution in [0.1, 0.15) is 10.4 Å². The quantitative estimate of drug-likeness (QED) is 0.844. The van der Waals surface area contributed by atoms with Gasteiger partial charge < -0.3 is 14.7 Å². The van der Waals surface area contributed by atoms with Gasteiger partial charge in [-0.05, 0) is 12.1 Å². The number of carboxylic acids is 1. The van der Waals surface area contributed by atoms with Crippen molar-refractivity contribution in [3.63, 3.8) is 0 Å². The fraction of sp³-hybridized carbons (Fsp3) is 0.333. The molecule has 9 heteroatoms. The molecule has 0 heterocycles. The monoisotopic (exact) mass is 309 g/mol. The maximum absolute atomic E-state index is 13.7. The molecule has 0 atom stereocenters. The number of nitrogens with zero attached hydrogens (tertiary/aromatic N) is 1. The molecule has 1 aromatic rings. The summed E-state index contributed by atoms with van der Waals surface area (Å²) in [5.74, 6) is -4.44. The van der Waals surface area contributed by atoms with Crippen molar-refractivity contribution in [3.8, 4) is 5.75 Å². The molecule has 0 fully saturated rings. The lowest BCUT2D eigenvalue weighted by molar-refractivity contribution is -0.149. The maximum Gasteiger partial charge on any atom is 0.406 e. The van der Waals surface area contributed by atoms with Crippen LogP contribution in [-0.2, 0) is 4.79 Å². The van der Waals surface area contributed by atoms with Crippen molar-refractivity contribution in [2.24, 2.45) is 0 Å². The van der Waals surface area contributed by atoms with E-state index in [9.17, 15) is 27.2 Å². The largest absolute Gasteiger partial charge is 0.496 e. The summed E-state index contributed by atoms with van der Waals surface area (Å²) in [6.07, 6.45) is -4.82. The average Bonchev–Trinajstić information content (AvgIpc) is 2.34. The van der Waals surface area contributed by atoms with E-state index in [0.717, 1.165) is 13.2 Å². The van der Waals surface area contributed by atoms with Crippen LogP contribution in [0.25, 0.3) is 0 Å². The molecule has 1 rings (SSSR count). The van der Waals surface area contributed by atoms with E-state index >= 15 is 0 Å². The highest BCUT2D eigenvalue weighted by molar-refractivity contribution is 5.98. The van der Waals surface area contributed by atoms with Gasteiger partial charge in [-0.2, -0.15) is 13.2 Å². The van der Waals surface area contributed by atoms with Crippen molar-refractivity contribution in [2.75, 3.05) is 20.2 Å². The van der Waals surface area contributed by atoms with E-state index in [1.54, 1.807) is 0 Å². The number of hydrogen-bond donors (Lipinski definition) is 1. The number of methoxy groups -OCH3 is 1. The first-order valence-electron chi connectivity index (χ1n) is 5.56. The lowest BCUT2D eigenvalue weighted by Crippen LogP contribution is -2.42. The van der Waals surface area contributed by atoms with Crippen LogP contribution in [0.5, 0.6) is 5.75 Å². The second kappa shape index (κ2) is 6.42. The van der Waals surface area contributed by atoms with Crippen LogP contribution in [0.2, 0.25) is 0 Å². The van der Waals surface area contributed by atoms with E-state index in [4.69, 9.17) is 9.84 Å². The number of carbonyl (C=O) groups is 2. The maximum atomic E-state index is 13.7. The van der Waals surface area contributed by atoms with Crippen LogP contribution >= 0.6 is 0 Å². The van der Waals surface area contributed by atoms with Crippen molar-refractivity contribution in [1.82, 2.24) is 4.90 Å². The van der Waals surface area contributed by atoms with E-state index in [2.05, 4.69) is 0 Å². The number of halogens is 4. The summed E-state index contributed by atoms with van der Waals surface area (Å²) in [6.45, 7) is -3.02. The first kappa shape index (κ1) is 16.7. The Morgan fingerprint density at radius 3 is 2.43 bits per heavy atom. The summed E-state index contributed by atoms with van der Waals surface area (Å²) in [5.41, 5.74) is -0.745. The highest BCUT2D eigenvalue weighted by Crippen LogP contribution is 2.25. The van der Waals surface area contributed by atoms with Crippen LogP contribution < -0.4 is 4.74 Å². The van der Waals surface area contributed by atoms with Gasteiger partial charge in [0.1, 0.15) is 30.2 Å². The Morgan fingerprint density at radius 2 is 1.95 bits per heavy atom. The molecule has 21 heavy (non-hydrogen) atoms. The minimum absolute atomic E-state index is 0.0106. The van der Waals surface area contributed by atoms with Gasteiger partial charge in [-0.1, -0.05) is 6.07 Å². The standard InChI is InChI=1S/C12H11F4NO4/c1-21-8-4-2-3-7(13)10(8)11(20)17(5-9(18)19)6-12(14,15)16/h2-4H,5-6H2,1H3,(H,18,19). The Bertz CT molecular complexity index is 545. The molecular weight excluding hydrogens is 298 g/mol. The zero-order chi connectivity index (χ0) is 16.2. The van der Waals surface area contributed by atoms with E-state index in [0.29, 0.717) is 0 Å². The van der Waals surface area contributed by atoms with Crippen molar-refractivity contribution in [1.29, 1.82) is 0 Å². The Morgan fingerprint density at radius 1 is 1.33 bits per heavy atom. The predicted molar refractivity (Wildman–Crippen MR) is 62.5 cm³/mol. The number of alkyl halides is 3. The molecule has 0 saturated carbocycles. The summed E-state index contributed by atoms with van der Waals surface area (Å²) in [5, 5.41) is 8.59. The van der Waals surface area contributed by atoms with E-state index in [1.807, 2.05) is 0 Å². The molecule has 0 aliphatic heterocycles. The molecule has 0 bridgehead atoms. The second-order valence-electron chi connectivity index (χ2n) is 3.99. The third kappa shape index (κ3) is 4.62. The molecule has 0 unspecified atom stereocenters. The molecule has 0 aromatic heterocycles. The van der Waals surface area contributed by atoms with Gasteiger partial charge in [0.15, 0.2) is 0 Å². The van der Waals surface area contributed by atoms with E-state index in [1.165, 1.54) is 12.1 Å². The van der Waals surface area contributed by atoms with Gasteiger partial charge in [-0.15, -0.1) is 0 Å². The zero-order valence-electron chi connectivity index (χ0n) is 10.8. The number of carboxylic acid groups (broad SMARTS) is 1. The summed E-state index contributed by atoms with van der Waals surface area (Å²) in [7, 11) is 1.11. The molecule has 5 nitrogen and oxygen atoms in total. The van der Waals surface area contributed by atoms with Gasteiger partial charge in [0.2, 0.25) is 0 Å². The number of amides is 1. The minimum Gasteiger partial charge on any atom is -0.496 e. The van der Waals surface area contributed by atoms with Crippen LogP contribution in [0, 0.1) is 5.82 Å². The van der Waals surface area contributed by atoms with Gasteiger partial charge in [-0.3, -0.25) is 9.59 Å². The Hall–Kier alpha value is -2.32. The number of carbonyl (C=O) groups excluding carboxylic acids is 1. The molecule has 0 spiro atoms. The summed E-state index contributed by atoms with van der Waals surface area (Å²) in [4.78, 5) is 22.6. The second-order valence-corrected chi connectivity index (χ2v) is 3.99. The lowest BCUT2D eigenvalue weighted by atomic mass is 10.1. The first-order chi connectivity index (χ1) is 9.65. The van der Waals surface area contributed by atoms with Crippen molar-refractivity contribution in [3.05, 3.63) is 29.6 Å². The zero-order valence-corrected chi connectivity index (χ0v) is 10.8. The fourth-order valence-electron chi connectivity index (χ4n) is 1.62. The number of benzene rings is 1. The molecule has 1 amide bonds. The lowest BCUT2D eigenvalue weighted by Gasteiger charge is -2.23. The molecule has 1 N–H and O–H groups in total. The van der Waals surface area contributed by atoms with Gasteiger partial charge in [0, 0.05) is 0 Å². The van der Waals surface area contributed by atoms with Crippen LogP contribution in [0.15, 0.2) is 18.2 Å². The summed E-state index contributed by atoms with van der Waals surface area (Å²) >= 11 is 0. The number of aliphatic carboxylic acids is 1. The Balaban J connectivity index is 3.19. The van der Waals surface area contributed by atoms with E-state index in [-0.39, 0.29) is 10.6 Å². The number of hydrogen-bond acceptors (Lipinski definition) is 3. The normalized spacial score (nSPS) is 11.1. The molecular formula is C12H11F4NO4. The molecule has 0 aliphatic rings. The summed E-state index contributed by atoms with van der Waals surface area (Å²) in [6, 6.07) is 3.25. The van der Waals surface area contributed by atoms with Gasteiger partial charge in [-0.25, -0.2) is 4.39 Å². The third-order valence-corrected chi connectivity index (χ3v) is 2.39. The number of ether oxygens (including phenoxy) is 1.